The van der Waals surface area contributed by atoms with Crippen molar-refractivity contribution in [3.05, 3.63) is 46.2 Å². The minimum absolute atomic E-state index is 0.550. The minimum Gasteiger partial charge on any atom is -0.493 e. The standard InChI is InChI=1S/C20H23BrN6O2/c1-28-16-6-3-12(9-17(16)29-2)7-8-22-20-23-11-14(21)19(25-20)24-18-10-15(26-27-18)13-4-5-13/h3,6,9-11,13H,4-5,7-8H2,1-2H3,(H3,22,23,24,25,26,27). The molecule has 8 nitrogen and oxygen atoms in total. The van der Waals surface area contributed by atoms with Crippen LogP contribution < -0.4 is 20.1 Å². The molecule has 9 heteroatoms. The lowest BCUT2D eigenvalue weighted by Gasteiger charge is -2.11. The van der Waals surface area contributed by atoms with Crippen molar-refractivity contribution >= 4 is 33.5 Å². The molecular formula is C20H23BrN6O2. The van der Waals surface area contributed by atoms with Gasteiger partial charge in [-0.15, -0.1) is 0 Å². The highest BCUT2D eigenvalue weighted by atomic mass is 79.9. The maximum Gasteiger partial charge on any atom is 0.224 e. The molecule has 29 heavy (non-hydrogen) atoms. The van der Waals surface area contributed by atoms with E-state index in [1.165, 1.54) is 18.5 Å². The summed E-state index contributed by atoms with van der Waals surface area (Å²) in [5, 5.41) is 13.9. The number of H-pyrrole nitrogens is 1. The average molecular weight is 459 g/mol. The summed E-state index contributed by atoms with van der Waals surface area (Å²) in [5.41, 5.74) is 2.31. The summed E-state index contributed by atoms with van der Waals surface area (Å²) in [5.74, 6) is 4.04. The van der Waals surface area contributed by atoms with Crippen molar-refractivity contribution in [2.45, 2.75) is 25.2 Å². The summed E-state index contributed by atoms with van der Waals surface area (Å²) in [4.78, 5) is 8.89. The Hall–Kier alpha value is -2.81. The molecule has 152 valence electrons. The molecule has 3 N–H and O–H groups in total. The zero-order valence-electron chi connectivity index (χ0n) is 16.3. The minimum atomic E-state index is 0.550. The van der Waals surface area contributed by atoms with Gasteiger partial charge in [-0.05, 0) is 52.9 Å². The summed E-state index contributed by atoms with van der Waals surface area (Å²) < 4.78 is 11.4. The monoisotopic (exact) mass is 458 g/mol. The largest absolute Gasteiger partial charge is 0.493 e. The number of halogens is 1. The first-order chi connectivity index (χ1) is 14.2. The second-order valence-electron chi connectivity index (χ2n) is 6.86. The highest BCUT2D eigenvalue weighted by Crippen LogP contribution is 2.39. The number of hydrogen-bond donors (Lipinski definition) is 3. The van der Waals surface area contributed by atoms with E-state index in [9.17, 15) is 0 Å². The number of hydrogen-bond acceptors (Lipinski definition) is 7. The summed E-state index contributed by atoms with van der Waals surface area (Å²) >= 11 is 3.49. The Morgan fingerprint density at radius 2 is 2.00 bits per heavy atom. The molecule has 1 fully saturated rings. The highest BCUT2D eigenvalue weighted by Gasteiger charge is 2.25. The molecule has 0 bridgehead atoms. The Kier molecular flexibility index (Phi) is 5.84. The van der Waals surface area contributed by atoms with Gasteiger partial charge in [0.15, 0.2) is 23.1 Å². The van der Waals surface area contributed by atoms with Gasteiger partial charge in [-0.25, -0.2) is 4.98 Å². The van der Waals surface area contributed by atoms with E-state index in [2.05, 4.69) is 46.7 Å². The predicted molar refractivity (Wildman–Crippen MR) is 115 cm³/mol. The summed E-state index contributed by atoms with van der Waals surface area (Å²) in [7, 11) is 3.27. The van der Waals surface area contributed by atoms with E-state index in [4.69, 9.17) is 9.47 Å². The van der Waals surface area contributed by atoms with E-state index in [1.807, 2.05) is 24.3 Å². The number of benzene rings is 1. The Balaban J connectivity index is 1.37. The average Bonchev–Trinajstić information content (AvgIpc) is 3.49. The van der Waals surface area contributed by atoms with Gasteiger partial charge in [-0.3, -0.25) is 5.10 Å². The zero-order chi connectivity index (χ0) is 20.2. The molecule has 1 aromatic carbocycles. The van der Waals surface area contributed by atoms with Crippen LogP contribution in [-0.4, -0.2) is 40.9 Å². The van der Waals surface area contributed by atoms with Crippen LogP contribution in [0.25, 0.3) is 0 Å². The molecule has 3 aromatic rings. The number of anilines is 3. The van der Waals surface area contributed by atoms with Crippen molar-refractivity contribution < 1.29 is 9.47 Å². The van der Waals surface area contributed by atoms with Gasteiger partial charge in [0.1, 0.15) is 0 Å². The first kappa shape index (κ1) is 19.5. The van der Waals surface area contributed by atoms with Crippen molar-refractivity contribution in [1.82, 2.24) is 20.2 Å². The van der Waals surface area contributed by atoms with E-state index in [0.29, 0.717) is 24.2 Å². The molecule has 0 unspecified atom stereocenters. The lowest BCUT2D eigenvalue weighted by atomic mass is 10.1. The van der Waals surface area contributed by atoms with Crippen LogP contribution in [-0.2, 0) is 6.42 Å². The maximum absolute atomic E-state index is 5.36. The van der Waals surface area contributed by atoms with Crippen LogP contribution in [0.2, 0.25) is 0 Å². The number of aromatic nitrogens is 4. The Morgan fingerprint density at radius 1 is 1.17 bits per heavy atom. The van der Waals surface area contributed by atoms with Crippen LogP contribution in [0.1, 0.15) is 30.0 Å². The fourth-order valence-electron chi connectivity index (χ4n) is 3.02. The van der Waals surface area contributed by atoms with Crippen molar-refractivity contribution in [2.24, 2.45) is 0 Å². The molecule has 1 saturated carbocycles. The number of aromatic amines is 1. The van der Waals surface area contributed by atoms with Crippen LogP contribution in [0.15, 0.2) is 34.9 Å². The summed E-state index contributed by atoms with van der Waals surface area (Å²) in [6, 6.07) is 7.95. The van der Waals surface area contributed by atoms with E-state index in [-0.39, 0.29) is 0 Å². The van der Waals surface area contributed by atoms with Gasteiger partial charge in [0.05, 0.1) is 18.7 Å². The number of nitrogens with zero attached hydrogens (tertiary/aromatic N) is 3. The molecule has 0 spiro atoms. The second-order valence-corrected chi connectivity index (χ2v) is 7.72. The predicted octanol–water partition coefficient (Wildman–Crippen LogP) is 4.26. The lowest BCUT2D eigenvalue weighted by Crippen LogP contribution is -2.09. The number of ether oxygens (including phenoxy) is 2. The van der Waals surface area contributed by atoms with Gasteiger partial charge in [0.2, 0.25) is 5.95 Å². The number of nitrogens with one attached hydrogen (secondary N) is 3. The van der Waals surface area contributed by atoms with Crippen molar-refractivity contribution in [3.8, 4) is 11.5 Å². The normalized spacial score (nSPS) is 13.2. The Morgan fingerprint density at radius 3 is 2.76 bits per heavy atom. The molecule has 4 rings (SSSR count). The second kappa shape index (κ2) is 8.69. The van der Waals surface area contributed by atoms with Gasteiger partial charge >= 0.3 is 0 Å². The molecule has 1 aliphatic rings. The fourth-order valence-corrected chi connectivity index (χ4v) is 3.31. The summed E-state index contributed by atoms with van der Waals surface area (Å²) in [6.45, 7) is 0.685. The molecule has 0 amide bonds. The zero-order valence-corrected chi connectivity index (χ0v) is 17.9. The smallest absolute Gasteiger partial charge is 0.224 e. The number of methoxy groups -OCH3 is 2. The van der Waals surface area contributed by atoms with Gasteiger partial charge in [-0.2, -0.15) is 10.1 Å². The Labute approximate surface area is 177 Å². The van der Waals surface area contributed by atoms with Crippen LogP contribution in [0.4, 0.5) is 17.6 Å². The van der Waals surface area contributed by atoms with Crippen molar-refractivity contribution in [3.63, 3.8) is 0 Å². The topological polar surface area (TPSA) is 97.0 Å². The van der Waals surface area contributed by atoms with Crippen LogP contribution in [0, 0.1) is 0 Å². The van der Waals surface area contributed by atoms with Gasteiger partial charge in [0, 0.05) is 30.4 Å². The maximum atomic E-state index is 5.36. The van der Waals surface area contributed by atoms with Crippen molar-refractivity contribution in [1.29, 1.82) is 0 Å². The van der Waals surface area contributed by atoms with E-state index in [1.54, 1.807) is 20.4 Å². The third-order valence-electron chi connectivity index (χ3n) is 4.75. The third kappa shape index (κ3) is 4.79. The van der Waals surface area contributed by atoms with Gasteiger partial charge in [0.25, 0.3) is 0 Å². The van der Waals surface area contributed by atoms with E-state index >= 15 is 0 Å². The van der Waals surface area contributed by atoms with Crippen molar-refractivity contribution in [2.75, 3.05) is 31.4 Å². The fraction of sp³-hybridized carbons (Fsp3) is 0.350. The van der Waals surface area contributed by atoms with E-state index < -0.39 is 0 Å². The molecule has 2 heterocycles. The molecule has 1 aliphatic carbocycles. The molecule has 0 aliphatic heterocycles. The molecule has 0 saturated heterocycles. The quantitative estimate of drug-likeness (QED) is 0.440. The number of rotatable bonds is 9. The van der Waals surface area contributed by atoms with E-state index in [0.717, 1.165) is 33.8 Å². The first-order valence-corrected chi connectivity index (χ1v) is 10.2. The molecule has 2 aromatic heterocycles. The molecule has 0 radical (unpaired) electrons. The molecular weight excluding hydrogens is 436 g/mol. The van der Waals surface area contributed by atoms with Gasteiger partial charge in [-0.1, -0.05) is 6.07 Å². The van der Waals surface area contributed by atoms with Crippen LogP contribution >= 0.6 is 15.9 Å². The summed E-state index contributed by atoms with van der Waals surface area (Å²) in [6.07, 6.45) is 4.98. The van der Waals surface area contributed by atoms with Crippen LogP contribution in [0.5, 0.6) is 11.5 Å². The highest BCUT2D eigenvalue weighted by molar-refractivity contribution is 9.10. The lowest BCUT2D eigenvalue weighted by molar-refractivity contribution is 0.354. The SMILES string of the molecule is COc1ccc(CCNc2ncc(Br)c(Nc3cc(C4CC4)[nH]n3)n2)cc1OC. The Bertz CT molecular complexity index is 989. The van der Waals surface area contributed by atoms with Crippen LogP contribution in [0.3, 0.4) is 0 Å². The molecule has 0 atom stereocenters. The van der Waals surface area contributed by atoms with Gasteiger partial charge < -0.3 is 20.1 Å². The first-order valence-electron chi connectivity index (χ1n) is 9.46. The third-order valence-corrected chi connectivity index (χ3v) is 5.33.